The molecule has 0 unspecified atom stereocenters. The highest BCUT2D eigenvalue weighted by Crippen LogP contribution is 2.20. The van der Waals surface area contributed by atoms with Crippen molar-refractivity contribution in [2.24, 2.45) is 0 Å². The van der Waals surface area contributed by atoms with Gasteiger partial charge in [-0.05, 0) is 56.6 Å². The molecule has 17 heavy (non-hydrogen) atoms. The maximum atomic E-state index is 10.4. The molecule has 0 bridgehead atoms. The van der Waals surface area contributed by atoms with E-state index in [0.717, 1.165) is 31.4 Å². The molecule has 1 heterocycles. The molecule has 2 rings (SSSR count). The summed E-state index contributed by atoms with van der Waals surface area (Å²) in [5.41, 5.74) is 3.80. The van der Waals surface area contributed by atoms with Crippen molar-refractivity contribution >= 4 is 5.97 Å². The van der Waals surface area contributed by atoms with Crippen LogP contribution in [0.15, 0.2) is 12.1 Å². The molecule has 1 aromatic rings. The number of pyridine rings is 1. The first-order valence-corrected chi connectivity index (χ1v) is 6.45. The molecule has 0 aromatic carbocycles. The minimum atomic E-state index is -0.705. The van der Waals surface area contributed by atoms with Crippen molar-refractivity contribution in [1.82, 2.24) is 4.98 Å². The van der Waals surface area contributed by atoms with Crippen molar-refractivity contribution in [3.05, 3.63) is 29.1 Å². The van der Waals surface area contributed by atoms with Gasteiger partial charge in [-0.2, -0.15) is 0 Å². The number of aliphatic carboxylic acids is 1. The molecule has 0 spiro atoms. The van der Waals surface area contributed by atoms with Gasteiger partial charge in [-0.3, -0.25) is 9.78 Å². The van der Waals surface area contributed by atoms with Gasteiger partial charge in [-0.25, -0.2) is 0 Å². The van der Waals surface area contributed by atoms with Gasteiger partial charge in [0.25, 0.3) is 0 Å². The van der Waals surface area contributed by atoms with Crippen LogP contribution in [0, 0.1) is 0 Å². The van der Waals surface area contributed by atoms with Gasteiger partial charge in [0, 0.05) is 17.8 Å². The average molecular weight is 233 g/mol. The van der Waals surface area contributed by atoms with Crippen LogP contribution in [0.2, 0.25) is 0 Å². The molecule has 1 aromatic heterocycles. The molecule has 0 radical (unpaired) electrons. The Kier molecular flexibility index (Phi) is 4.13. The molecule has 0 aliphatic heterocycles. The normalized spacial score (nSPS) is 14.4. The molecule has 0 saturated heterocycles. The molecular formula is C14H19NO2. The lowest BCUT2D eigenvalue weighted by Gasteiger charge is -2.15. The summed E-state index contributed by atoms with van der Waals surface area (Å²) in [5.74, 6) is -0.705. The highest BCUT2D eigenvalue weighted by Gasteiger charge is 2.10. The molecule has 92 valence electrons. The minimum absolute atomic E-state index is 0.269. The largest absolute Gasteiger partial charge is 0.481 e. The summed E-state index contributed by atoms with van der Waals surface area (Å²) in [6.45, 7) is 0. The van der Waals surface area contributed by atoms with Crippen LogP contribution in [0.25, 0.3) is 0 Å². The number of rotatable bonds is 5. The second kappa shape index (κ2) is 5.80. The maximum Gasteiger partial charge on any atom is 0.303 e. The van der Waals surface area contributed by atoms with E-state index >= 15 is 0 Å². The predicted octanol–water partition coefficient (Wildman–Crippen LogP) is 2.76. The molecule has 3 heteroatoms. The Hall–Kier alpha value is -1.38. The van der Waals surface area contributed by atoms with Crippen LogP contribution in [0.3, 0.4) is 0 Å². The van der Waals surface area contributed by atoms with E-state index in [1.54, 1.807) is 0 Å². The third kappa shape index (κ3) is 3.55. The number of nitrogens with zero attached hydrogens (tertiary/aromatic N) is 1. The molecule has 1 aliphatic rings. The average Bonchev–Trinajstić information content (AvgIpc) is 2.34. The standard InChI is InChI=1S/C14H19NO2/c16-14(17)8-4-2-6-12-10-9-11-5-1-3-7-13(11)15-12/h9-10H,1-8H2,(H,16,17). The van der Waals surface area contributed by atoms with E-state index in [0.29, 0.717) is 0 Å². The van der Waals surface area contributed by atoms with Crippen molar-refractivity contribution in [3.63, 3.8) is 0 Å². The van der Waals surface area contributed by atoms with Gasteiger partial charge in [0.2, 0.25) is 0 Å². The van der Waals surface area contributed by atoms with Crippen molar-refractivity contribution in [1.29, 1.82) is 0 Å². The molecule has 1 aliphatic carbocycles. The van der Waals surface area contributed by atoms with E-state index in [1.165, 1.54) is 30.5 Å². The number of hydrogen-bond acceptors (Lipinski definition) is 2. The fourth-order valence-electron chi connectivity index (χ4n) is 2.35. The first kappa shape index (κ1) is 12.1. The number of carbonyl (C=O) groups is 1. The molecule has 3 nitrogen and oxygen atoms in total. The molecular weight excluding hydrogens is 214 g/mol. The van der Waals surface area contributed by atoms with E-state index < -0.39 is 5.97 Å². The Balaban J connectivity index is 1.86. The Morgan fingerprint density at radius 3 is 2.88 bits per heavy atom. The van der Waals surface area contributed by atoms with Gasteiger partial charge in [-0.15, -0.1) is 0 Å². The lowest BCUT2D eigenvalue weighted by atomic mass is 9.95. The highest BCUT2D eigenvalue weighted by molar-refractivity contribution is 5.66. The fourth-order valence-corrected chi connectivity index (χ4v) is 2.35. The van der Waals surface area contributed by atoms with Crippen molar-refractivity contribution < 1.29 is 9.90 Å². The number of carboxylic acid groups (broad SMARTS) is 1. The maximum absolute atomic E-state index is 10.4. The van der Waals surface area contributed by atoms with Crippen molar-refractivity contribution in [2.75, 3.05) is 0 Å². The number of unbranched alkanes of at least 4 members (excludes halogenated alkanes) is 1. The molecule has 0 fully saturated rings. The van der Waals surface area contributed by atoms with E-state index in [9.17, 15) is 4.79 Å². The first-order valence-electron chi connectivity index (χ1n) is 6.45. The Bertz CT molecular complexity index is 401. The minimum Gasteiger partial charge on any atom is -0.481 e. The number of hydrogen-bond donors (Lipinski definition) is 1. The van der Waals surface area contributed by atoms with Gasteiger partial charge in [-0.1, -0.05) is 6.07 Å². The third-order valence-corrected chi connectivity index (χ3v) is 3.31. The van der Waals surface area contributed by atoms with Crippen molar-refractivity contribution in [2.45, 2.75) is 51.4 Å². The summed E-state index contributed by atoms with van der Waals surface area (Å²) in [5, 5.41) is 8.55. The fraction of sp³-hybridized carbons (Fsp3) is 0.571. The van der Waals surface area contributed by atoms with Crippen LogP contribution in [0.4, 0.5) is 0 Å². The first-order chi connectivity index (χ1) is 8.25. The van der Waals surface area contributed by atoms with Gasteiger partial charge >= 0.3 is 5.97 Å². The molecule has 0 atom stereocenters. The lowest BCUT2D eigenvalue weighted by molar-refractivity contribution is -0.137. The second-order valence-electron chi connectivity index (χ2n) is 4.72. The monoisotopic (exact) mass is 233 g/mol. The smallest absolute Gasteiger partial charge is 0.303 e. The Morgan fingerprint density at radius 1 is 1.24 bits per heavy atom. The van der Waals surface area contributed by atoms with Crippen LogP contribution < -0.4 is 0 Å². The number of aryl methyl sites for hydroxylation is 3. The van der Waals surface area contributed by atoms with Crippen LogP contribution in [-0.2, 0) is 24.1 Å². The molecule has 0 saturated carbocycles. The van der Waals surface area contributed by atoms with Gasteiger partial charge < -0.3 is 5.11 Å². The molecule has 1 N–H and O–H groups in total. The Labute approximate surface area is 102 Å². The lowest BCUT2D eigenvalue weighted by Crippen LogP contribution is -2.07. The number of aromatic nitrogens is 1. The number of fused-ring (bicyclic) bond motifs is 1. The zero-order valence-electron chi connectivity index (χ0n) is 10.1. The summed E-state index contributed by atoms with van der Waals surface area (Å²) in [4.78, 5) is 15.1. The van der Waals surface area contributed by atoms with Crippen LogP contribution >= 0.6 is 0 Å². The summed E-state index contributed by atoms with van der Waals surface area (Å²) in [6, 6.07) is 4.30. The SMILES string of the molecule is O=C(O)CCCCc1ccc2c(n1)CCCC2. The Morgan fingerprint density at radius 2 is 2.06 bits per heavy atom. The van der Waals surface area contributed by atoms with Gasteiger partial charge in [0.15, 0.2) is 0 Å². The highest BCUT2D eigenvalue weighted by atomic mass is 16.4. The van der Waals surface area contributed by atoms with Gasteiger partial charge in [0.1, 0.15) is 0 Å². The van der Waals surface area contributed by atoms with Crippen LogP contribution in [-0.4, -0.2) is 16.1 Å². The van der Waals surface area contributed by atoms with Crippen LogP contribution in [0.1, 0.15) is 49.1 Å². The summed E-state index contributed by atoms with van der Waals surface area (Å²) < 4.78 is 0. The zero-order chi connectivity index (χ0) is 12.1. The predicted molar refractivity (Wildman–Crippen MR) is 66.1 cm³/mol. The number of carboxylic acids is 1. The summed E-state index contributed by atoms with van der Waals surface area (Å²) >= 11 is 0. The van der Waals surface area contributed by atoms with E-state index in [-0.39, 0.29) is 6.42 Å². The van der Waals surface area contributed by atoms with Crippen molar-refractivity contribution in [3.8, 4) is 0 Å². The summed E-state index contributed by atoms with van der Waals surface area (Å²) in [7, 11) is 0. The summed E-state index contributed by atoms with van der Waals surface area (Å²) in [6.07, 6.45) is 7.65. The van der Waals surface area contributed by atoms with E-state index in [4.69, 9.17) is 5.11 Å². The topological polar surface area (TPSA) is 50.2 Å². The quantitative estimate of drug-likeness (QED) is 0.795. The molecule has 0 amide bonds. The second-order valence-corrected chi connectivity index (χ2v) is 4.72. The zero-order valence-corrected chi connectivity index (χ0v) is 10.1. The van der Waals surface area contributed by atoms with Crippen LogP contribution in [0.5, 0.6) is 0 Å². The van der Waals surface area contributed by atoms with E-state index in [1.807, 2.05) is 0 Å². The van der Waals surface area contributed by atoms with E-state index in [2.05, 4.69) is 17.1 Å². The van der Waals surface area contributed by atoms with Gasteiger partial charge in [0.05, 0.1) is 0 Å². The third-order valence-electron chi connectivity index (χ3n) is 3.31.